The predicted octanol–water partition coefficient (Wildman–Crippen LogP) is 2.66. The van der Waals surface area contributed by atoms with E-state index in [1.165, 1.54) is 4.90 Å². The van der Waals surface area contributed by atoms with Crippen molar-refractivity contribution in [3.8, 4) is 0 Å². The quantitative estimate of drug-likeness (QED) is 0.863. The molecule has 4 rings (SSSR count). The minimum atomic E-state index is -0.334. The van der Waals surface area contributed by atoms with E-state index in [-0.39, 0.29) is 23.9 Å². The number of piperidine rings is 1. The molecule has 1 atom stereocenters. The fourth-order valence-corrected chi connectivity index (χ4v) is 3.41. The molecule has 2 aliphatic rings. The molecule has 2 aliphatic heterocycles. The van der Waals surface area contributed by atoms with Crippen LogP contribution in [0.1, 0.15) is 29.8 Å². The van der Waals surface area contributed by atoms with Gasteiger partial charge in [-0.3, -0.25) is 14.6 Å². The third kappa shape index (κ3) is 2.81. The molecule has 0 radical (unpaired) electrons. The Labute approximate surface area is 150 Å². The Morgan fingerprint density at radius 1 is 1.08 bits per heavy atom. The molecule has 2 aromatic rings. The van der Waals surface area contributed by atoms with Crippen molar-refractivity contribution < 1.29 is 14.4 Å². The molecule has 2 saturated heterocycles. The minimum Gasteiger partial charge on any atom is -0.321 e. The van der Waals surface area contributed by atoms with Gasteiger partial charge in [-0.1, -0.05) is 6.07 Å². The first-order valence-corrected chi connectivity index (χ1v) is 8.62. The van der Waals surface area contributed by atoms with Gasteiger partial charge in [-0.2, -0.15) is 0 Å². The Morgan fingerprint density at radius 3 is 2.58 bits per heavy atom. The molecule has 3 heterocycles. The van der Waals surface area contributed by atoms with E-state index in [1.54, 1.807) is 53.6 Å². The van der Waals surface area contributed by atoms with E-state index in [1.807, 2.05) is 0 Å². The number of hydrogen-bond acceptors (Lipinski definition) is 4. The van der Waals surface area contributed by atoms with E-state index >= 15 is 0 Å². The molecule has 0 saturated carbocycles. The number of hydrogen-bond donors (Lipinski definition) is 1. The first-order chi connectivity index (χ1) is 12.6. The number of carbonyl (C=O) groups excluding carboxylic acids is 3. The summed E-state index contributed by atoms with van der Waals surface area (Å²) in [5, 5.41) is 2.75. The molecule has 0 aliphatic carbocycles. The Kier molecular flexibility index (Phi) is 4.12. The van der Waals surface area contributed by atoms with Crippen molar-refractivity contribution >= 4 is 29.2 Å². The number of fused-ring (bicyclic) bond motifs is 1. The van der Waals surface area contributed by atoms with Crippen LogP contribution >= 0.6 is 0 Å². The van der Waals surface area contributed by atoms with Crippen molar-refractivity contribution in [2.75, 3.05) is 16.8 Å². The number of amides is 4. The van der Waals surface area contributed by atoms with Crippen LogP contribution in [0.2, 0.25) is 0 Å². The normalized spacial score (nSPS) is 19.5. The molecule has 1 N–H and O–H groups in total. The summed E-state index contributed by atoms with van der Waals surface area (Å²) in [6.45, 7) is 0.629. The molecular formula is C19H18N4O3. The Hall–Kier alpha value is -3.22. The summed E-state index contributed by atoms with van der Waals surface area (Å²) >= 11 is 0. The molecule has 2 fully saturated rings. The van der Waals surface area contributed by atoms with Gasteiger partial charge in [0.25, 0.3) is 11.8 Å². The second-order valence-corrected chi connectivity index (χ2v) is 6.38. The molecule has 1 unspecified atom stereocenters. The van der Waals surface area contributed by atoms with Crippen LogP contribution in [0.5, 0.6) is 0 Å². The number of nitrogens with one attached hydrogen (secondary N) is 1. The maximum Gasteiger partial charge on any atom is 0.332 e. The van der Waals surface area contributed by atoms with Crippen LogP contribution in [-0.4, -0.2) is 40.3 Å². The van der Waals surface area contributed by atoms with E-state index in [2.05, 4.69) is 10.3 Å². The molecule has 0 bridgehead atoms. The minimum absolute atomic E-state index is 0.167. The number of aromatic nitrogens is 1. The van der Waals surface area contributed by atoms with Crippen molar-refractivity contribution in [3.63, 3.8) is 0 Å². The first-order valence-electron chi connectivity index (χ1n) is 8.62. The number of carbonyl (C=O) groups is 3. The first kappa shape index (κ1) is 16.3. The largest absolute Gasteiger partial charge is 0.332 e. The van der Waals surface area contributed by atoms with Gasteiger partial charge in [0.1, 0.15) is 11.7 Å². The van der Waals surface area contributed by atoms with Crippen molar-refractivity contribution in [3.05, 3.63) is 54.4 Å². The lowest BCUT2D eigenvalue weighted by Crippen LogP contribution is -2.39. The number of benzene rings is 1. The number of imide groups is 1. The van der Waals surface area contributed by atoms with Crippen LogP contribution in [-0.2, 0) is 4.79 Å². The smallest absolute Gasteiger partial charge is 0.321 e. The van der Waals surface area contributed by atoms with Crippen molar-refractivity contribution in [2.45, 2.75) is 25.3 Å². The Bertz CT molecular complexity index is 827. The van der Waals surface area contributed by atoms with Gasteiger partial charge in [0.05, 0.1) is 5.69 Å². The van der Waals surface area contributed by atoms with Crippen molar-refractivity contribution in [2.24, 2.45) is 0 Å². The zero-order valence-corrected chi connectivity index (χ0v) is 14.1. The highest BCUT2D eigenvalue weighted by atomic mass is 16.2. The highest BCUT2D eigenvalue weighted by Crippen LogP contribution is 2.31. The van der Waals surface area contributed by atoms with E-state index < -0.39 is 0 Å². The summed E-state index contributed by atoms with van der Waals surface area (Å²) in [5.74, 6) is -0.483. The van der Waals surface area contributed by atoms with E-state index in [0.717, 1.165) is 19.3 Å². The van der Waals surface area contributed by atoms with E-state index in [9.17, 15) is 14.4 Å². The molecule has 1 aromatic carbocycles. The van der Waals surface area contributed by atoms with Gasteiger partial charge < -0.3 is 10.2 Å². The number of pyridine rings is 1. The lowest BCUT2D eigenvalue weighted by molar-refractivity contribution is -0.120. The summed E-state index contributed by atoms with van der Waals surface area (Å²) in [7, 11) is 0. The van der Waals surface area contributed by atoms with Gasteiger partial charge in [-0.05, 0) is 55.7 Å². The lowest BCUT2D eigenvalue weighted by Gasteiger charge is -2.25. The average molecular weight is 350 g/mol. The van der Waals surface area contributed by atoms with Crippen LogP contribution < -0.4 is 10.2 Å². The highest BCUT2D eigenvalue weighted by Gasteiger charge is 2.46. The molecule has 4 amide bonds. The Morgan fingerprint density at radius 2 is 1.88 bits per heavy atom. The average Bonchev–Trinajstić information content (AvgIpc) is 2.94. The molecule has 7 nitrogen and oxygen atoms in total. The molecular weight excluding hydrogens is 332 g/mol. The third-order valence-corrected chi connectivity index (χ3v) is 4.73. The van der Waals surface area contributed by atoms with Crippen LogP contribution in [0.25, 0.3) is 0 Å². The zero-order chi connectivity index (χ0) is 18.1. The topological polar surface area (TPSA) is 82.6 Å². The number of urea groups is 1. The van der Waals surface area contributed by atoms with Gasteiger partial charge in [-0.25, -0.2) is 9.69 Å². The number of anilines is 2. The predicted molar refractivity (Wildman–Crippen MR) is 95.9 cm³/mol. The maximum absolute atomic E-state index is 12.6. The van der Waals surface area contributed by atoms with E-state index in [4.69, 9.17) is 0 Å². The fraction of sp³-hybridized carbons (Fsp3) is 0.263. The summed E-state index contributed by atoms with van der Waals surface area (Å²) in [4.78, 5) is 44.2. The van der Waals surface area contributed by atoms with Gasteiger partial charge in [0, 0.05) is 18.4 Å². The molecule has 0 spiro atoms. The number of rotatable bonds is 3. The van der Waals surface area contributed by atoms with E-state index in [0.29, 0.717) is 23.6 Å². The third-order valence-electron chi connectivity index (χ3n) is 4.73. The van der Waals surface area contributed by atoms with Crippen LogP contribution in [0.15, 0.2) is 48.7 Å². The van der Waals surface area contributed by atoms with Crippen molar-refractivity contribution in [1.82, 2.24) is 9.88 Å². The molecule has 26 heavy (non-hydrogen) atoms. The van der Waals surface area contributed by atoms with Crippen LogP contribution in [0, 0.1) is 0 Å². The molecule has 7 heteroatoms. The summed E-state index contributed by atoms with van der Waals surface area (Å²) in [6.07, 6.45) is 4.17. The summed E-state index contributed by atoms with van der Waals surface area (Å²) < 4.78 is 0. The molecule has 132 valence electrons. The monoisotopic (exact) mass is 350 g/mol. The Balaban J connectivity index is 1.50. The lowest BCUT2D eigenvalue weighted by atomic mass is 10.0. The van der Waals surface area contributed by atoms with Gasteiger partial charge in [-0.15, -0.1) is 0 Å². The molecule has 1 aromatic heterocycles. The van der Waals surface area contributed by atoms with Gasteiger partial charge in [0.15, 0.2) is 0 Å². The van der Waals surface area contributed by atoms with Gasteiger partial charge >= 0.3 is 6.03 Å². The maximum atomic E-state index is 12.6. The number of nitrogens with zero attached hydrogens (tertiary/aromatic N) is 3. The van der Waals surface area contributed by atoms with Crippen molar-refractivity contribution in [1.29, 1.82) is 0 Å². The zero-order valence-electron chi connectivity index (χ0n) is 14.1. The second kappa shape index (κ2) is 6.59. The highest BCUT2D eigenvalue weighted by molar-refractivity contribution is 6.21. The standard InChI is InChI=1S/C19H18N4O3/c24-17(15-5-1-3-11-20-15)21-13-7-9-14(10-8-13)23-18(25)16-6-2-4-12-22(16)19(23)26/h1,3,5,7-11,16H,2,4,6,12H2,(H,21,24). The summed E-state index contributed by atoms with van der Waals surface area (Å²) in [6, 6.07) is 11.2. The van der Waals surface area contributed by atoms with Gasteiger partial charge in [0.2, 0.25) is 0 Å². The summed E-state index contributed by atoms with van der Waals surface area (Å²) in [5.41, 5.74) is 1.41. The van der Waals surface area contributed by atoms with Crippen LogP contribution in [0.3, 0.4) is 0 Å². The second-order valence-electron chi connectivity index (χ2n) is 6.38. The SMILES string of the molecule is O=C(Nc1ccc(N2C(=O)C3CCCCN3C2=O)cc1)c1ccccn1. The fourth-order valence-electron chi connectivity index (χ4n) is 3.41. The van der Waals surface area contributed by atoms with Crippen LogP contribution in [0.4, 0.5) is 16.2 Å².